The van der Waals surface area contributed by atoms with E-state index in [1.165, 1.54) is 64.8 Å². The van der Waals surface area contributed by atoms with Gasteiger partial charge in [0.15, 0.2) is 0 Å². The fraction of sp³-hybridized carbons (Fsp3) is 0.895. The minimum absolute atomic E-state index is 0.494. The Balaban J connectivity index is 1.66. The van der Waals surface area contributed by atoms with Crippen molar-refractivity contribution in [2.75, 3.05) is 39.8 Å². The molecule has 3 aliphatic rings. The van der Waals surface area contributed by atoms with Gasteiger partial charge in [-0.2, -0.15) is 0 Å². The summed E-state index contributed by atoms with van der Waals surface area (Å²) in [6.07, 6.45) is 7.06. The maximum absolute atomic E-state index is 2.52. The number of nitrogens with one attached hydrogen (secondary N) is 2. The Morgan fingerprint density at radius 2 is 1.81 bits per heavy atom. The Morgan fingerprint density at radius 1 is 1.10 bits per heavy atom. The Bertz CT molecular complexity index is 402. The molecule has 0 aromatic carbocycles. The Labute approximate surface area is 131 Å². The molecule has 2 atom stereocenters. The highest BCUT2D eigenvalue weighted by Gasteiger charge is 2.38. The molecule has 1 aliphatic heterocycles. The molecule has 1 heterocycles. The van der Waals surface area contributed by atoms with Gasteiger partial charge in [-0.15, -0.1) is 0 Å². The van der Waals surface area contributed by atoms with Crippen molar-refractivity contribution in [1.82, 2.24) is 0 Å². The van der Waals surface area contributed by atoms with Crippen molar-refractivity contribution in [2.45, 2.75) is 52.9 Å². The number of rotatable bonds is 2. The fourth-order valence-corrected chi connectivity index (χ4v) is 5.07. The van der Waals surface area contributed by atoms with Gasteiger partial charge >= 0.3 is 0 Å². The number of piperazine rings is 1. The number of likely N-dealkylation sites (N-methyl/N-ethyl adjacent to an activating group) is 1. The second-order valence-corrected chi connectivity index (χ2v) is 8.88. The summed E-state index contributed by atoms with van der Waals surface area (Å²) in [5.74, 6) is 1.85. The Morgan fingerprint density at radius 3 is 2.52 bits per heavy atom. The molecule has 0 spiro atoms. The molecule has 2 nitrogen and oxygen atoms in total. The van der Waals surface area contributed by atoms with E-state index < -0.39 is 0 Å². The van der Waals surface area contributed by atoms with Gasteiger partial charge in [-0.3, -0.25) is 0 Å². The van der Waals surface area contributed by atoms with E-state index in [0.29, 0.717) is 5.41 Å². The first kappa shape index (κ1) is 15.6. The number of hydrogen-bond donors (Lipinski definition) is 2. The van der Waals surface area contributed by atoms with Crippen LogP contribution in [0.5, 0.6) is 0 Å². The summed E-state index contributed by atoms with van der Waals surface area (Å²) >= 11 is 0. The van der Waals surface area contributed by atoms with Crippen LogP contribution in [-0.4, -0.2) is 39.8 Å². The lowest BCUT2D eigenvalue weighted by Gasteiger charge is -2.43. The normalized spacial score (nSPS) is 40.0. The Kier molecular flexibility index (Phi) is 4.47. The summed E-state index contributed by atoms with van der Waals surface area (Å²) < 4.78 is 0. The third-order valence-electron chi connectivity index (χ3n) is 6.72. The molecule has 120 valence electrons. The number of hydrogen-bond acceptors (Lipinski definition) is 0. The molecule has 3 rings (SSSR count). The van der Waals surface area contributed by atoms with Crippen molar-refractivity contribution in [2.24, 2.45) is 17.3 Å². The second kappa shape index (κ2) is 6.04. The molecule has 0 amide bonds. The van der Waals surface area contributed by atoms with Crippen LogP contribution >= 0.6 is 0 Å². The molecule has 0 radical (unpaired) electrons. The average Bonchev–Trinajstić information content (AvgIpc) is 2.42. The zero-order valence-electron chi connectivity index (χ0n) is 14.7. The van der Waals surface area contributed by atoms with Crippen LogP contribution < -0.4 is 9.80 Å². The quantitative estimate of drug-likeness (QED) is 0.702. The second-order valence-electron chi connectivity index (χ2n) is 8.88. The highest BCUT2D eigenvalue weighted by Crippen LogP contribution is 2.49. The molecule has 0 aromatic heterocycles. The van der Waals surface area contributed by atoms with Gasteiger partial charge in [0.25, 0.3) is 0 Å². The lowest BCUT2D eigenvalue weighted by atomic mass is 9.63. The molecular weight excluding hydrogens is 256 g/mol. The summed E-state index contributed by atoms with van der Waals surface area (Å²) in [5, 5.41) is 0. The van der Waals surface area contributed by atoms with E-state index in [1.54, 1.807) is 4.90 Å². The molecule has 21 heavy (non-hydrogen) atoms. The van der Waals surface area contributed by atoms with Gasteiger partial charge in [0.1, 0.15) is 26.2 Å². The maximum atomic E-state index is 2.52. The van der Waals surface area contributed by atoms with Crippen molar-refractivity contribution in [3.8, 4) is 0 Å². The van der Waals surface area contributed by atoms with E-state index in [0.717, 1.165) is 11.8 Å². The predicted octanol–water partition coefficient (Wildman–Crippen LogP) is 0.952. The first-order chi connectivity index (χ1) is 9.95. The van der Waals surface area contributed by atoms with Gasteiger partial charge in [-0.05, 0) is 43.4 Å². The molecule has 0 saturated carbocycles. The molecule has 0 unspecified atom stereocenters. The number of allylic oxidation sites excluding steroid dienone is 2. The standard InChI is InChI=1S/C19H34N2/c1-15-12-16-6-5-7-19(2,3)18(16)13-17(15)14-21-10-8-20(4)9-11-21/h15,17H,5-14H2,1-4H3/p+2/t15-,17-/m0/s1. The van der Waals surface area contributed by atoms with Gasteiger partial charge in [0.05, 0.1) is 13.6 Å². The van der Waals surface area contributed by atoms with Crippen LogP contribution in [0.2, 0.25) is 0 Å². The fourth-order valence-electron chi connectivity index (χ4n) is 5.07. The third-order valence-corrected chi connectivity index (χ3v) is 6.72. The summed E-state index contributed by atoms with van der Waals surface area (Å²) in [4.78, 5) is 3.61. The van der Waals surface area contributed by atoms with Crippen LogP contribution in [0.1, 0.15) is 52.9 Å². The minimum Gasteiger partial charge on any atom is -0.328 e. The number of quaternary nitrogens is 2. The van der Waals surface area contributed by atoms with Crippen molar-refractivity contribution in [1.29, 1.82) is 0 Å². The topological polar surface area (TPSA) is 8.88 Å². The van der Waals surface area contributed by atoms with E-state index in [2.05, 4.69) is 27.8 Å². The van der Waals surface area contributed by atoms with Gasteiger partial charge < -0.3 is 9.80 Å². The Hall–Kier alpha value is -0.340. The van der Waals surface area contributed by atoms with E-state index in [-0.39, 0.29) is 0 Å². The third kappa shape index (κ3) is 3.37. The van der Waals surface area contributed by atoms with Gasteiger partial charge in [-0.25, -0.2) is 0 Å². The van der Waals surface area contributed by atoms with Crippen LogP contribution in [0.25, 0.3) is 0 Å². The monoisotopic (exact) mass is 292 g/mol. The summed E-state index contributed by atoms with van der Waals surface area (Å²) in [7, 11) is 2.35. The molecule has 2 heteroatoms. The molecule has 2 N–H and O–H groups in total. The van der Waals surface area contributed by atoms with Crippen LogP contribution in [0.15, 0.2) is 11.1 Å². The van der Waals surface area contributed by atoms with E-state index in [9.17, 15) is 0 Å². The van der Waals surface area contributed by atoms with Crippen LogP contribution in [0.3, 0.4) is 0 Å². The molecule has 0 bridgehead atoms. The summed E-state index contributed by atoms with van der Waals surface area (Å²) in [5.41, 5.74) is 4.22. The SMILES string of the molecule is C[C@H]1CC2=C(C[C@H]1C[NH+]1CC[NH+](C)CC1)C(C)(C)CCC2. The first-order valence-corrected chi connectivity index (χ1v) is 9.32. The molecule has 1 fully saturated rings. The van der Waals surface area contributed by atoms with Crippen molar-refractivity contribution < 1.29 is 9.80 Å². The zero-order chi connectivity index (χ0) is 15.0. The zero-order valence-corrected chi connectivity index (χ0v) is 14.7. The van der Waals surface area contributed by atoms with E-state index in [1.807, 2.05) is 16.0 Å². The first-order valence-electron chi connectivity index (χ1n) is 9.32. The minimum atomic E-state index is 0.494. The van der Waals surface area contributed by atoms with E-state index >= 15 is 0 Å². The summed E-state index contributed by atoms with van der Waals surface area (Å²) in [6, 6.07) is 0. The van der Waals surface area contributed by atoms with Gasteiger partial charge in [0, 0.05) is 5.92 Å². The van der Waals surface area contributed by atoms with Crippen molar-refractivity contribution in [3.05, 3.63) is 11.1 Å². The van der Waals surface area contributed by atoms with Crippen molar-refractivity contribution in [3.63, 3.8) is 0 Å². The van der Waals surface area contributed by atoms with E-state index in [4.69, 9.17) is 0 Å². The maximum Gasteiger partial charge on any atom is 0.127 e. The molecular formula is C19H36N2+2. The summed E-state index contributed by atoms with van der Waals surface area (Å²) in [6.45, 7) is 14.5. The van der Waals surface area contributed by atoms with Crippen molar-refractivity contribution >= 4 is 0 Å². The molecule has 0 aromatic rings. The highest BCUT2D eigenvalue weighted by atomic mass is 15.2. The molecule has 2 aliphatic carbocycles. The predicted molar refractivity (Wildman–Crippen MR) is 88.7 cm³/mol. The molecule has 1 saturated heterocycles. The van der Waals surface area contributed by atoms with Crippen LogP contribution in [0, 0.1) is 17.3 Å². The lowest BCUT2D eigenvalue weighted by Crippen LogP contribution is -3.27. The largest absolute Gasteiger partial charge is 0.328 e. The van der Waals surface area contributed by atoms with Gasteiger partial charge in [0.2, 0.25) is 0 Å². The lowest BCUT2D eigenvalue weighted by molar-refractivity contribution is -1.01. The van der Waals surface area contributed by atoms with Crippen LogP contribution in [-0.2, 0) is 0 Å². The smallest absolute Gasteiger partial charge is 0.127 e. The average molecular weight is 293 g/mol. The highest BCUT2D eigenvalue weighted by molar-refractivity contribution is 5.27. The van der Waals surface area contributed by atoms with Crippen LogP contribution in [0.4, 0.5) is 0 Å². The van der Waals surface area contributed by atoms with Gasteiger partial charge in [-0.1, -0.05) is 31.9 Å².